The lowest BCUT2D eigenvalue weighted by Crippen LogP contribution is -2.08. The van der Waals surface area contributed by atoms with E-state index in [-0.39, 0.29) is 29.0 Å². The van der Waals surface area contributed by atoms with Crippen LogP contribution in [0, 0.1) is 18.6 Å². The van der Waals surface area contributed by atoms with Crippen LogP contribution in [0.1, 0.15) is 37.5 Å². The van der Waals surface area contributed by atoms with E-state index in [1.807, 2.05) is 0 Å². The predicted octanol–water partition coefficient (Wildman–Crippen LogP) is 3.65. The van der Waals surface area contributed by atoms with Crippen molar-refractivity contribution in [3.63, 3.8) is 0 Å². The number of aryl methyl sites for hydroxylation is 1. The number of hydrogen-bond donors (Lipinski definition) is 1. The lowest BCUT2D eigenvalue weighted by molar-refractivity contribution is 0.0988. The number of carbonyl (C=O) groups is 2. The van der Waals surface area contributed by atoms with Crippen molar-refractivity contribution in [1.82, 2.24) is 9.97 Å². The fraction of sp³-hybridized carbons (Fsp3) is 0.105. The van der Waals surface area contributed by atoms with E-state index in [1.165, 1.54) is 25.3 Å². The zero-order valence-corrected chi connectivity index (χ0v) is 13.3. The molecule has 0 saturated heterocycles. The molecule has 2 heterocycles. The number of hydrogen-bond acceptors (Lipinski definition) is 3. The molecule has 6 heteroatoms. The minimum Gasteiger partial charge on any atom is -0.358 e. The van der Waals surface area contributed by atoms with E-state index in [9.17, 15) is 18.4 Å². The largest absolute Gasteiger partial charge is 0.358 e. The van der Waals surface area contributed by atoms with Crippen molar-refractivity contribution >= 4 is 11.6 Å². The van der Waals surface area contributed by atoms with Gasteiger partial charge in [-0.15, -0.1) is 0 Å². The van der Waals surface area contributed by atoms with E-state index < -0.39 is 23.0 Å². The van der Waals surface area contributed by atoms with Gasteiger partial charge in [0.1, 0.15) is 11.6 Å². The van der Waals surface area contributed by atoms with Gasteiger partial charge in [0.05, 0.1) is 11.3 Å². The summed E-state index contributed by atoms with van der Waals surface area (Å²) in [5, 5.41) is 0. The molecule has 3 rings (SSSR count). The van der Waals surface area contributed by atoms with Crippen LogP contribution in [-0.4, -0.2) is 21.5 Å². The molecule has 0 bridgehead atoms. The quantitative estimate of drug-likeness (QED) is 0.721. The Morgan fingerprint density at radius 1 is 1.20 bits per heavy atom. The molecular formula is C19H14F2N2O2. The van der Waals surface area contributed by atoms with Crippen LogP contribution in [0.5, 0.6) is 0 Å². The van der Waals surface area contributed by atoms with Crippen LogP contribution in [0.15, 0.2) is 48.9 Å². The number of carbonyl (C=O) groups excluding carboxylic acids is 2. The summed E-state index contributed by atoms with van der Waals surface area (Å²) >= 11 is 0. The zero-order chi connectivity index (χ0) is 18.0. The van der Waals surface area contributed by atoms with Crippen molar-refractivity contribution in [3.8, 4) is 0 Å². The average Bonchev–Trinajstić information content (AvgIpc) is 3.09. The van der Waals surface area contributed by atoms with E-state index >= 15 is 0 Å². The highest BCUT2D eigenvalue weighted by Crippen LogP contribution is 2.21. The Hall–Kier alpha value is -3.15. The Morgan fingerprint density at radius 2 is 2.00 bits per heavy atom. The topological polar surface area (TPSA) is 62.8 Å². The first kappa shape index (κ1) is 16.7. The highest BCUT2D eigenvalue weighted by Gasteiger charge is 2.22. The van der Waals surface area contributed by atoms with Gasteiger partial charge in [0, 0.05) is 30.6 Å². The van der Waals surface area contributed by atoms with Gasteiger partial charge < -0.3 is 4.98 Å². The molecule has 0 aliphatic heterocycles. The van der Waals surface area contributed by atoms with E-state index in [0.29, 0.717) is 0 Å². The number of nitrogens with zero attached hydrogens (tertiary/aromatic N) is 1. The zero-order valence-electron chi connectivity index (χ0n) is 13.3. The number of ketones is 2. The second-order valence-corrected chi connectivity index (χ2v) is 5.65. The van der Waals surface area contributed by atoms with Gasteiger partial charge in [-0.1, -0.05) is 12.1 Å². The van der Waals surface area contributed by atoms with Crippen molar-refractivity contribution in [1.29, 1.82) is 0 Å². The number of benzene rings is 1. The van der Waals surface area contributed by atoms with Gasteiger partial charge in [-0.25, -0.2) is 8.78 Å². The maximum atomic E-state index is 14.1. The summed E-state index contributed by atoms with van der Waals surface area (Å²) in [6, 6.07) is 7.10. The van der Waals surface area contributed by atoms with Gasteiger partial charge >= 0.3 is 0 Å². The molecule has 1 aromatic carbocycles. The van der Waals surface area contributed by atoms with Gasteiger partial charge in [-0.3, -0.25) is 14.6 Å². The molecule has 0 spiro atoms. The molecule has 0 atom stereocenters. The van der Waals surface area contributed by atoms with Gasteiger partial charge in [0.2, 0.25) is 0 Å². The van der Waals surface area contributed by atoms with Gasteiger partial charge in [-0.05, 0) is 36.2 Å². The summed E-state index contributed by atoms with van der Waals surface area (Å²) < 4.78 is 28.0. The molecule has 1 N–H and O–H groups in total. The summed E-state index contributed by atoms with van der Waals surface area (Å²) in [7, 11) is 0. The summed E-state index contributed by atoms with van der Waals surface area (Å²) in [5.74, 6) is -2.89. The lowest BCUT2D eigenvalue weighted by atomic mass is 10.0. The highest BCUT2D eigenvalue weighted by molar-refractivity contribution is 6.10. The molecule has 0 saturated carbocycles. The maximum absolute atomic E-state index is 14.1. The number of Topliss-reactive ketones (excluding diaryl/α,β-unsaturated/α-hetero) is 1. The van der Waals surface area contributed by atoms with Gasteiger partial charge in [-0.2, -0.15) is 0 Å². The maximum Gasteiger partial charge on any atom is 0.200 e. The third-order valence-electron chi connectivity index (χ3n) is 3.84. The molecule has 126 valence electrons. The molecular weight excluding hydrogens is 326 g/mol. The number of pyridine rings is 1. The number of halogens is 2. The van der Waals surface area contributed by atoms with E-state index in [1.54, 1.807) is 24.5 Å². The molecule has 4 nitrogen and oxygen atoms in total. The Kier molecular flexibility index (Phi) is 4.52. The highest BCUT2D eigenvalue weighted by atomic mass is 19.1. The first-order valence-electron chi connectivity index (χ1n) is 7.57. The van der Waals surface area contributed by atoms with Gasteiger partial charge in [0.15, 0.2) is 11.6 Å². The van der Waals surface area contributed by atoms with Crippen LogP contribution in [0.3, 0.4) is 0 Å². The number of nitrogens with one attached hydrogen (secondary N) is 1. The van der Waals surface area contributed by atoms with Crippen LogP contribution in [-0.2, 0) is 6.42 Å². The van der Waals surface area contributed by atoms with Crippen molar-refractivity contribution in [3.05, 3.63) is 88.5 Å². The number of aromatic nitrogens is 2. The van der Waals surface area contributed by atoms with E-state index in [0.717, 1.165) is 11.6 Å². The second-order valence-electron chi connectivity index (χ2n) is 5.65. The minimum atomic E-state index is -0.933. The Bertz CT molecular complexity index is 949. The fourth-order valence-corrected chi connectivity index (χ4v) is 2.48. The van der Waals surface area contributed by atoms with Crippen molar-refractivity contribution in [2.24, 2.45) is 0 Å². The smallest absolute Gasteiger partial charge is 0.200 e. The summed E-state index contributed by atoms with van der Waals surface area (Å²) in [5.41, 5.74) is 0.503. The van der Waals surface area contributed by atoms with Crippen LogP contribution in [0.25, 0.3) is 0 Å². The Labute approximate surface area is 142 Å². The second kappa shape index (κ2) is 6.76. The van der Waals surface area contributed by atoms with E-state index in [2.05, 4.69) is 9.97 Å². The van der Waals surface area contributed by atoms with Crippen LogP contribution in [0.2, 0.25) is 0 Å². The lowest BCUT2D eigenvalue weighted by Gasteiger charge is -2.05. The van der Waals surface area contributed by atoms with Crippen molar-refractivity contribution in [2.75, 3.05) is 0 Å². The Morgan fingerprint density at radius 3 is 2.72 bits per heavy atom. The first-order valence-corrected chi connectivity index (χ1v) is 7.57. The third kappa shape index (κ3) is 3.38. The van der Waals surface area contributed by atoms with Crippen LogP contribution >= 0.6 is 0 Å². The molecule has 0 aliphatic rings. The molecule has 0 radical (unpaired) electrons. The molecule has 0 fully saturated rings. The summed E-state index contributed by atoms with van der Waals surface area (Å²) in [4.78, 5) is 31.3. The molecule has 0 aliphatic carbocycles. The number of H-pyrrole nitrogens is 1. The average molecular weight is 340 g/mol. The SMILES string of the molecule is Cc1ccc(F)c(C(=O)c2c[nH]c(C(=O)Cc3cccnc3)c2)c1F. The van der Waals surface area contributed by atoms with Gasteiger partial charge in [0.25, 0.3) is 0 Å². The molecule has 25 heavy (non-hydrogen) atoms. The number of rotatable bonds is 5. The minimum absolute atomic E-state index is 0.0259. The molecule has 0 unspecified atom stereocenters. The monoisotopic (exact) mass is 340 g/mol. The van der Waals surface area contributed by atoms with Crippen molar-refractivity contribution < 1.29 is 18.4 Å². The summed E-state index contributed by atoms with van der Waals surface area (Å²) in [6.07, 6.45) is 4.56. The third-order valence-corrected chi connectivity index (χ3v) is 3.84. The number of aromatic amines is 1. The standard InChI is InChI=1S/C19H14F2N2O2/c1-11-4-5-14(20)17(18(11)21)19(25)13-8-15(23-10-13)16(24)7-12-3-2-6-22-9-12/h2-6,8-10,23H,7H2,1H3. The molecule has 2 aromatic heterocycles. The van der Waals surface area contributed by atoms with Crippen molar-refractivity contribution in [2.45, 2.75) is 13.3 Å². The van der Waals surface area contributed by atoms with Crippen LogP contribution < -0.4 is 0 Å². The van der Waals surface area contributed by atoms with Crippen LogP contribution in [0.4, 0.5) is 8.78 Å². The molecule has 3 aromatic rings. The Balaban J connectivity index is 1.85. The molecule has 0 amide bonds. The first-order chi connectivity index (χ1) is 12.0. The van der Waals surface area contributed by atoms with E-state index in [4.69, 9.17) is 0 Å². The predicted molar refractivity (Wildman–Crippen MR) is 87.6 cm³/mol. The summed E-state index contributed by atoms with van der Waals surface area (Å²) in [6.45, 7) is 1.45. The normalized spacial score (nSPS) is 10.7. The fourth-order valence-electron chi connectivity index (χ4n) is 2.48.